The van der Waals surface area contributed by atoms with Gasteiger partial charge in [0.15, 0.2) is 0 Å². The first-order chi connectivity index (χ1) is 9.62. The van der Waals surface area contributed by atoms with Crippen LogP contribution in [-0.2, 0) is 0 Å². The second-order valence-corrected chi connectivity index (χ2v) is 7.04. The molecule has 0 radical (unpaired) electrons. The summed E-state index contributed by atoms with van der Waals surface area (Å²) < 4.78 is 0. The van der Waals surface area contributed by atoms with Crippen molar-refractivity contribution in [3.63, 3.8) is 0 Å². The van der Waals surface area contributed by atoms with E-state index in [9.17, 15) is 0 Å². The van der Waals surface area contributed by atoms with Crippen molar-refractivity contribution in [2.24, 2.45) is 5.41 Å². The van der Waals surface area contributed by atoms with Crippen molar-refractivity contribution in [2.45, 2.75) is 39.5 Å². The first-order valence-corrected chi connectivity index (χ1v) is 8.19. The third kappa shape index (κ3) is 2.58. The summed E-state index contributed by atoms with van der Waals surface area (Å²) in [6.07, 6.45) is 2.74. The average Bonchev–Trinajstić information content (AvgIpc) is 2.45. The maximum Gasteiger partial charge on any atom is 0.0366 e. The predicted octanol–water partition coefficient (Wildman–Crippen LogP) is 3.73. The Kier molecular flexibility index (Phi) is 3.76. The lowest BCUT2D eigenvalue weighted by Crippen LogP contribution is -2.60. The number of anilines is 1. The number of hydrogen-bond donors (Lipinski definition) is 0. The van der Waals surface area contributed by atoms with E-state index in [0.717, 1.165) is 0 Å². The highest BCUT2D eigenvalue weighted by Gasteiger charge is 2.43. The monoisotopic (exact) mass is 272 g/mol. The van der Waals surface area contributed by atoms with Crippen molar-refractivity contribution in [1.29, 1.82) is 0 Å². The van der Waals surface area contributed by atoms with Gasteiger partial charge in [-0.25, -0.2) is 0 Å². The third-order valence-electron chi connectivity index (χ3n) is 5.31. The Balaban J connectivity index is 1.58. The highest BCUT2D eigenvalue weighted by atomic mass is 15.2. The Morgan fingerprint density at radius 1 is 1.05 bits per heavy atom. The van der Waals surface area contributed by atoms with Gasteiger partial charge < -0.3 is 9.80 Å². The molecule has 0 aromatic heterocycles. The number of rotatable bonds is 3. The Morgan fingerprint density at radius 3 is 2.15 bits per heavy atom. The molecule has 2 heterocycles. The Labute approximate surface area is 123 Å². The normalized spacial score (nSPS) is 22.3. The molecule has 0 amide bonds. The maximum atomic E-state index is 2.58. The summed E-state index contributed by atoms with van der Waals surface area (Å²) in [4.78, 5) is 5.15. The van der Waals surface area contributed by atoms with Crippen molar-refractivity contribution < 1.29 is 0 Å². The number of nitrogens with zero attached hydrogens (tertiary/aromatic N) is 2. The van der Waals surface area contributed by atoms with Crippen LogP contribution in [0.3, 0.4) is 0 Å². The minimum Gasteiger partial charge on any atom is -0.371 e. The maximum absolute atomic E-state index is 2.58. The Morgan fingerprint density at radius 2 is 1.65 bits per heavy atom. The van der Waals surface area contributed by atoms with Crippen LogP contribution in [-0.4, -0.2) is 37.6 Å². The smallest absolute Gasteiger partial charge is 0.0366 e. The van der Waals surface area contributed by atoms with Gasteiger partial charge in [-0.15, -0.1) is 0 Å². The van der Waals surface area contributed by atoms with E-state index in [0.29, 0.717) is 11.3 Å². The number of piperidine rings is 1. The van der Waals surface area contributed by atoms with E-state index in [1.807, 2.05) is 0 Å². The predicted molar refractivity (Wildman–Crippen MR) is 86.5 cm³/mol. The average molecular weight is 272 g/mol. The van der Waals surface area contributed by atoms with Crippen molar-refractivity contribution in [1.82, 2.24) is 4.90 Å². The van der Waals surface area contributed by atoms with E-state index in [1.165, 1.54) is 56.8 Å². The summed E-state index contributed by atoms with van der Waals surface area (Å²) in [5.74, 6) is 0.628. The summed E-state index contributed by atoms with van der Waals surface area (Å²) in [6.45, 7) is 13.2. The van der Waals surface area contributed by atoms with Crippen molar-refractivity contribution in [2.75, 3.05) is 37.6 Å². The third-order valence-corrected chi connectivity index (χ3v) is 5.31. The minimum absolute atomic E-state index is 0.628. The van der Waals surface area contributed by atoms with E-state index in [4.69, 9.17) is 0 Å². The van der Waals surface area contributed by atoms with Gasteiger partial charge >= 0.3 is 0 Å². The number of hydrogen-bond acceptors (Lipinski definition) is 2. The summed E-state index contributed by atoms with van der Waals surface area (Å²) >= 11 is 0. The molecule has 2 aliphatic rings. The van der Waals surface area contributed by atoms with Gasteiger partial charge in [-0.05, 0) is 48.4 Å². The van der Waals surface area contributed by atoms with Crippen LogP contribution in [0.25, 0.3) is 0 Å². The van der Waals surface area contributed by atoms with E-state index < -0.39 is 0 Å². The summed E-state index contributed by atoms with van der Waals surface area (Å²) in [5, 5.41) is 0. The molecule has 2 saturated heterocycles. The molecule has 0 atom stereocenters. The van der Waals surface area contributed by atoms with Gasteiger partial charge in [-0.3, -0.25) is 0 Å². The van der Waals surface area contributed by atoms with E-state index in [2.05, 4.69) is 54.8 Å². The zero-order valence-corrected chi connectivity index (χ0v) is 13.2. The zero-order valence-electron chi connectivity index (χ0n) is 13.2. The van der Waals surface area contributed by atoms with Crippen molar-refractivity contribution in [3.05, 3.63) is 29.8 Å². The molecule has 0 bridgehead atoms. The molecule has 2 nitrogen and oxygen atoms in total. The van der Waals surface area contributed by atoms with Crippen LogP contribution < -0.4 is 4.90 Å². The van der Waals surface area contributed by atoms with Crippen LogP contribution in [0.4, 0.5) is 5.69 Å². The van der Waals surface area contributed by atoms with Gasteiger partial charge in [0.25, 0.3) is 0 Å². The lowest BCUT2D eigenvalue weighted by molar-refractivity contribution is -0.0143. The molecule has 0 aliphatic carbocycles. The van der Waals surface area contributed by atoms with Gasteiger partial charge in [0.2, 0.25) is 0 Å². The highest BCUT2D eigenvalue weighted by molar-refractivity contribution is 5.48. The van der Waals surface area contributed by atoms with Crippen LogP contribution in [0.15, 0.2) is 24.3 Å². The topological polar surface area (TPSA) is 6.48 Å². The van der Waals surface area contributed by atoms with Crippen molar-refractivity contribution in [3.8, 4) is 0 Å². The molecule has 1 aromatic carbocycles. The molecule has 110 valence electrons. The second-order valence-electron chi connectivity index (χ2n) is 7.04. The lowest BCUT2D eigenvalue weighted by atomic mass is 9.72. The van der Waals surface area contributed by atoms with Crippen LogP contribution in [0.5, 0.6) is 0 Å². The highest BCUT2D eigenvalue weighted by Crippen LogP contribution is 2.41. The van der Waals surface area contributed by atoms with Gasteiger partial charge in [0, 0.05) is 31.9 Å². The van der Waals surface area contributed by atoms with Crippen LogP contribution in [0, 0.1) is 5.41 Å². The number of likely N-dealkylation sites (tertiary alicyclic amines) is 1. The standard InChI is InChI=1S/C18H28N2/c1-4-19-13-18(14-19)9-11-20(12-10-18)17-7-5-16(6-8-17)15(2)3/h5-8,15H,4,9-14H2,1-3H3. The fourth-order valence-corrected chi connectivity index (χ4v) is 3.75. The summed E-state index contributed by atoms with van der Waals surface area (Å²) in [7, 11) is 0. The van der Waals surface area contributed by atoms with Gasteiger partial charge in [-0.2, -0.15) is 0 Å². The fourth-order valence-electron chi connectivity index (χ4n) is 3.75. The molecular formula is C18H28N2. The van der Waals surface area contributed by atoms with E-state index >= 15 is 0 Å². The molecule has 0 saturated carbocycles. The molecule has 2 aliphatic heterocycles. The molecule has 2 heteroatoms. The van der Waals surface area contributed by atoms with Crippen LogP contribution >= 0.6 is 0 Å². The van der Waals surface area contributed by atoms with E-state index in [-0.39, 0.29) is 0 Å². The Bertz CT molecular complexity index is 433. The van der Waals surface area contributed by atoms with Gasteiger partial charge in [-0.1, -0.05) is 32.9 Å². The quantitative estimate of drug-likeness (QED) is 0.827. The molecule has 1 spiro atoms. The molecule has 0 unspecified atom stereocenters. The van der Waals surface area contributed by atoms with Gasteiger partial charge in [0.1, 0.15) is 0 Å². The second kappa shape index (κ2) is 5.40. The fraction of sp³-hybridized carbons (Fsp3) is 0.667. The molecule has 1 aromatic rings. The largest absolute Gasteiger partial charge is 0.371 e. The van der Waals surface area contributed by atoms with Gasteiger partial charge in [0.05, 0.1) is 0 Å². The van der Waals surface area contributed by atoms with Crippen LogP contribution in [0.2, 0.25) is 0 Å². The molecule has 2 fully saturated rings. The lowest BCUT2D eigenvalue weighted by Gasteiger charge is -2.54. The summed E-state index contributed by atoms with van der Waals surface area (Å²) in [6, 6.07) is 9.22. The first-order valence-electron chi connectivity index (χ1n) is 8.19. The minimum atomic E-state index is 0.628. The molecule has 0 N–H and O–H groups in total. The Hall–Kier alpha value is -1.02. The summed E-state index contributed by atoms with van der Waals surface area (Å²) in [5.41, 5.74) is 3.51. The van der Waals surface area contributed by atoms with Crippen LogP contribution in [0.1, 0.15) is 45.1 Å². The number of benzene rings is 1. The molecule has 20 heavy (non-hydrogen) atoms. The van der Waals surface area contributed by atoms with E-state index in [1.54, 1.807) is 0 Å². The van der Waals surface area contributed by atoms with Crippen molar-refractivity contribution >= 4 is 5.69 Å². The SMILES string of the molecule is CCN1CC2(CCN(c3ccc(C(C)C)cc3)CC2)C1. The molecule has 3 rings (SSSR count). The molecular weight excluding hydrogens is 244 g/mol. The zero-order chi connectivity index (χ0) is 14.2. The first kappa shape index (κ1) is 13.9.